The molecule has 0 saturated carbocycles. The average Bonchev–Trinajstić information content (AvgIpc) is 2.88. The van der Waals surface area contributed by atoms with Gasteiger partial charge in [0.25, 0.3) is 0 Å². The highest BCUT2D eigenvalue weighted by atomic mass is 16.5. The number of carbonyl (C=O) groups is 1. The normalized spacial score (nSPS) is 10.7. The van der Waals surface area contributed by atoms with Crippen LogP contribution in [0.2, 0.25) is 0 Å². The van der Waals surface area contributed by atoms with Crippen molar-refractivity contribution in [3.05, 3.63) is 89.5 Å². The van der Waals surface area contributed by atoms with Gasteiger partial charge < -0.3 is 23.7 Å². The lowest BCUT2D eigenvalue weighted by atomic mass is 10.1. The van der Waals surface area contributed by atoms with Crippen molar-refractivity contribution in [3.63, 3.8) is 0 Å². The third kappa shape index (κ3) is 8.41. The molecule has 0 heterocycles. The largest absolute Gasteiger partial charge is 0.494 e. The van der Waals surface area contributed by atoms with Gasteiger partial charge in [-0.25, -0.2) is 4.79 Å². The quantitative estimate of drug-likeness (QED) is 0.216. The van der Waals surface area contributed by atoms with Crippen molar-refractivity contribution >= 4 is 12.0 Å². The van der Waals surface area contributed by atoms with Gasteiger partial charge in [0.1, 0.15) is 36.2 Å². The molecule has 0 saturated heterocycles. The van der Waals surface area contributed by atoms with Crippen molar-refractivity contribution in [1.82, 2.24) is 0 Å². The number of esters is 1. The molecule has 0 unspecified atom stereocenters. The van der Waals surface area contributed by atoms with Crippen molar-refractivity contribution in [1.29, 1.82) is 0 Å². The molecule has 0 aliphatic heterocycles. The summed E-state index contributed by atoms with van der Waals surface area (Å²) in [4.78, 5) is 11.8. The van der Waals surface area contributed by atoms with Crippen molar-refractivity contribution in [2.45, 2.75) is 34.0 Å². The van der Waals surface area contributed by atoms with E-state index in [9.17, 15) is 4.79 Å². The van der Waals surface area contributed by atoms with Gasteiger partial charge in [0.2, 0.25) is 0 Å². The van der Waals surface area contributed by atoms with E-state index in [0.29, 0.717) is 44.5 Å². The Morgan fingerprint density at radius 1 is 0.657 bits per heavy atom. The standard InChI is InChI=1S/C29H32O6/c1-4-31-25-13-7-22(8-14-25)20-34-27-17-11-24(12-18-29(30)33-6-3)28(19-27)35-21-23-9-15-26(16-10-23)32-5-2/h7-19H,4-6,20-21H2,1-3H3. The van der Waals surface area contributed by atoms with Gasteiger partial charge in [-0.15, -0.1) is 0 Å². The van der Waals surface area contributed by atoms with E-state index >= 15 is 0 Å². The Morgan fingerprint density at radius 3 is 1.74 bits per heavy atom. The lowest BCUT2D eigenvalue weighted by molar-refractivity contribution is -0.137. The van der Waals surface area contributed by atoms with E-state index in [0.717, 1.165) is 28.2 Å². The Labute approximate surface area is 207 Å². The number of rotatable bonds is 13. The van der Waals surface area contributed by atoms with E-state index < -0.39 is 5.97 Å². The molecule has 0 amide bonds. The van der Waals surface area contributed by atoms with Crippen LogP contribution in [0.5, 0.6) is 23.0 Å². The zero-order valence-corrected chi connectivity index (χ0v) is 20.5. The van der Waals surface area contributed by atoms with Crippen LogP contribution >= 0.6 is 0 Å². The molecule has 0 fully saturated rings. The Morgan fingerprint density at radius 2 is 1.20 bits per heavy atom. The molecule has 0 atom stereocenters. The molecule has 6 nitrogen and oxygen atoms in total. The molecule has 3 rings (SSSR count). The van der Waals surface area contributed by atoms with Crippen LogP contribution in [0.3, 0.4) is 0 Å². The van der Waals surface area contributed by atoms with Crippen molar-refractivity contribution in [3.8, 4) is 23.0 Å². The minimum atomic E-state index is -0.402. The van der Waals surface area contributed by atoms with Gasteiger partial charge in [-0.1, -0.05) is 24.3 Å². The average molecular weight is 477 g/mol. The third-order valence-electron chi connectivity index (χ3n) is 4.94. The fraction of sp³-hybridized carbons (Fsp3) is 0.276. The third-order valence-corrected chi connectivity index (χ3v) is 4.94. The molecule has 0 spiro atoms. The monoisotopic (exact) mass is 476 g/mol. The molecule has 0 radical (unpaired) electrons. The molecule has 3 aromatic rings. The summed E-state index contributed by atoms with van der Waals surface area (Å²) in [5.74, 6) is 2.51. The second-order valence-corrected chi connectivity index (χ2v) is 7.52. The molecule has 0 bridgehead atoms. The molecule has 184 valence electrons. The van der Waals surface area contributed by atoms with Gasteiger partial charge in [0.15, 0.2) is 0 Å². The van der Waals surface area contributed by atoms with Crippen LogP contribution < -0.4 is 18.9 Å². The first-order valence-corrected chi connectivity index (χ1v) is 11.8. The fourth-order valence-corrected chi connectivity index (χ4v) is 3.24. The first kappa shape index (κ1) is 25.7. The summed E-state index contributed by atoms with van der Waals surface area (Å²) in [7, 11) is 0. The van der Waals surface area contributed by atoms with Crippen LogP contribution in [0.15, 0.2) is 72.8 Å². The van der Waals surface area contributed by atoms with Gasteiger partial charge in [0, 0.05) is 17.7 Å². The van der Waals surface area contributed by atoms with E-state index in [-0.39, 0.29) is 0 Å². The van der Waals surface area contributed by atoms with Gasteiger partial charge in [-0.05, 0) is 74.4 Å². The summed E-state index contributed by atoms with van der Waals surface area (Å²) in [6, 6.07) is 21.1. The zero-order valence-electron chi connectivity index (χ0n) is 20.5. The van der Waals surface area contributed by atoms with Crippen LogP contribution in [-0.4, -0.2) is 25.8 Å². The van der Waals surface area contributed by atoms with Crippen LogP contribution in [-0.2, 0) is 22.7 Å². The molecule has 0 aromatic heterocycles. The lowest BCUT2D eigenvalue weighted by Crippen LogP contribution is -2.01. The highest BCUT2D eigenvalue weighted by Crippen LogP contribution is 2.28. The molecule has 35 heavy (non-hydrogen) atoms. The maximum absolute atomic E-state index is 11.8. The van der Waals surface area contributed by atoms with E-state index in [1.165, 1.54) is 6.08 Å². The zero-order chi connectivity index (χ0) is 24.9. The van der Waals surface area contributed by atoms with Crippen molar-refractivity contribution < 1.29 is 28.5 Å². The molecule has 0 aliphatic carbocycles. The summed E-state index contributed by atoms with van der Waals surface area (Å²) in [6.45, 7) is 8.02. The van der Waals surface area contributed by atoms with Crippen molar-refractivity contribution in [2.75, 3.05) is 19.8 Å². The van der Waals surface area contributed by atoms with E-state index in [4.69, 9.17) is 23.7 Å². The van der Waals surface area contributed by atoms with Crippen LogP contribution in [0.1, 0.15) is 37.5 Å². The predicted octanol–water partition coefficient (Wildman–Crippen LogP) is 6.22. The summed E-state index contributed by atoms with van der Waals surface area (Å²) >= 11 is 0. The minimum Gasteiger partial charge on any atom is -0.494 e. The smallest absolute Gasteiger partial charge is 0.330 e. The van der Waals surface area contributed by atoms with Crippen LogP contribution in [0.25, 0.3) is 6.08 Å². The second-order valence-electron chi connectivity index (χ2n) is 7.52. The second kappa shape index (κ2) is 13.7. The minimum absolute atomic E-state index is 0.322. The van der Waals surface area contributed by atoms with Gasteiger partial charge in [-0.2, -0.15) is 0 Å². The SMILES string of the molecule is CCOC(=O)C=Cc1ccc(OCc2ccc(OCC)cc2)cc1OCc1ccc(OCC)cc1. The van der Waals surface area contributed by atoms with Gasteiger partial charge in [0.05, 0.1) is 19.8 Å². The summed E-state index contributed by atoms with van der Waals surface area (Å²) in [5.41, 5.74) is 2.77. The van der Waals surface area contributed by atoms with Crippen molar-refractivity contribution in [2.24, 2.45) is 0 Å². The lowest BCUT2D eigenvalue weighted by Gasteiger charge is -2.13. The van der Waals surface area contributed by atoms with Gasteiger partial charge >= 0.3 is 5.97 Å². The van der Waals surface area contributed by atoms with Gasteiger partial charge in [-0.3, -0.25) is 0 Å². The topological polar surface area (TPSA) is 63.2 Å². The summed E-state index contributed by atoms with van der Waals surface area (Å²) in [5, 5.41) is 0. The number of ether oxygens (including phenoxy) is 5. The maximum atomic E-state index is 11.8. The fourth-order valence-electron chi connectivity index (χ4n) is 3.24. The number of hydrogen-bond acceptors (Lipinski definition) is 6. The first-order valence-electron chi connectivity index (χ1n) is 11.8. The number of carbonyl (C=O) groups excluding carboxylic acids is 1. The number of benzene rings is 3. The highest BCUT2D eigenvalue weighted by Gasteiger charge is 2.07. The molecule has 0 N–H and O–H groups in total. The molecular formula is C29H32O6. The summed E-state index contributed by atoms with van der Waals surface area (Å²) in [6.07, 6.45) is 3.07. The molecule has 3 aromatic carbocycles. The Hall–Kier alpha value is -3.93. The van der Waals surface area contributed by atoms with E-state index in [1.54, 1.807) is 13.0 Å². The molecule has 6 heteroatoms. The van der Waals surface area contributed by atoms with Crippen LogP contribution in [0.4, 0.5) is 0 Å². The van der Waals surface area contributed by atoms with E-state index in [1.807, 2.05) is 80.6 Å². The predicted molar refractivity (Wildman–Crippen MR) is 136 cm³/mol. The summed E-state index contributed by atoms with van der Waals surface area (Å²) < 4.78 is 28.1. The van der Waals surface area contributed by atoms with Crippen LogP contribution in [0, 0.1) is 0 Å². The Kier molecular flexibility index (Phi) is 10.1. The Balaban J connectivity index is 1.72. The first-order chi connectivity index (χ1) is 17.1. The highest BCUT2D eigenvalue weighted by molar-refractivity contribution is 5.87. The molecular weight excluding hydrogens is 444 g/mol. The molecule has 0 aliphatic rings. The maximum Gasteiger partial charge on any atom is 0.330 e. The Bertz CT molecular complexity index is 1090. The van der Waals surface area contributed by atoms with E-state index in [2.05, 4.69) is 0 Å². The number of hydrogen-bond donors (Lipinski definition) is 0.